The third kappa shape index (κ3) is 1.46. The number of hydrogen-bond acceptors (Lipinski definition) is 5. The standard InChI is InChI=1S/C12H13N3O3/c1-7-13-3-8-4-14-11(16)9(10(8)15-7)12(17-2)5-18-6-12/h3-4H,5-6H2,1-2H3,(H,14,16). The number of H-pyrrole nitrogens is 1. The number of hydrogen-bond donors (Lipinski definition) is 1. The molecule has 18 heavy (non-hydrogen) atoms. The molecule has 0 saturated carbocycles. The highest BCUT2D eigenvalue weighted by Gasteiger charge is 2.44. The van der Waals surface area contributed by atoms with Crippen molar-refractivity contribution in [3.63, 3.8) is 0 Å². The van der Waals surface area contributed by atoms with Gasteiger partial charge in [0.15, 0.2) is 0 Å². The van der Waals surface area contributed by atoms with Crippen molar-refractivity contribution in [2.45, 2.75) is 12.5 Å². The van der Waals surface area contributed by atoms with Crippen LogP contribution in [0.1, 0.15) is 11.4 Å². The van der Waals surface area contributed by atoms with E-state index in [0.29, 0.717) is 30.1 Å². The SMILES string of the molecule is COC1(c2c(=O)[nH]cc3cnc(C)nc23)COC1. The number of ether oxygens (including phenoxy) is 2. The molecule has 3 rings (SSSR count). The van der Waals surface area contributed by atoms with Crippen LogP contribution in [0.3, 0.4) is 0 Å². The lowest BCUT2D eigenvalue weighted by Crippen LogP contribution is -2.51. The Hall–Kier alpha value is -1.79. The molecule has 0 atom stereocenters. The lowest BCUT2D eigenvalue weighted by Gasteiger charge is -2.39. The molecule has 1 saturated heterocycles. The van der Waals surface area contributed by atoms with Gasteiger partial charge in [-0.2, -0.15) is 0 Å². The summed E-state index contributed by atoms with van der Waals surface area (Å²) in [5.74, 6) is 0.626. The molecule has 0 unspecified atom stereocenters. The Morgan fingerprint density at radius 1 is 1.50 bits per heavy atom. The van der Waals surface area contributed by atoms with Crippen LogP contribution < -0.4 is 5.56 Å². The molecule has 0 bridgehead atoms. The van der Waals surface area contributed by atoms with Gasteiger partial charge in [-0.3, -0.25) is 4.79 Å². The number of rotatable bonds is 2. The molecule has 1 aliphatic heterocycles. The van der Waals surface area contributed by atoms with E-state index in [0.717, 1.165) is 5.39 Å². The van der Waals surface area contributed by atoms with E-state index in [-0.39, 0.29) is 5.56 Å². The minimum Gasteiger partial charge on any atom is -0.375 e. The summed E-state index contributed by atoms with van der Waals surface area (Å²) in [6.07, 6.45) is 3.31. The molecule has 2 aromatic heterocycles. The van der Waals surface area contributed by atoms with Gasteiger partial charge in [-0.25, -0.2) is 9.97 Å². The number of aromatic nitrogens is 3. The van der Waals surface area contributed by atoms with Crippen molar-refractivity contribution in [2.24, 2.45) is 0 Å². The van der Waals surface area contributed by atoms with Gasteiger partial charge in [0.25, 0.3) is 5.56 Å². The Balaban J connectivity index is 2.36. The first-order valence-electron chi connectivity index (χ1n) is 5.65. The van der Waals surface area contributed by atoms with E-state index in [1.807, 2.05) is 0 Å². The van der Waals surface area contributed by atoms with Gasteiger partial charge in [-0.1, -0.05) is 0 Å². The summed E-state index contributed by atoms with van der Waals surface area (Å²) in [5, 5.41) is 0.790. The number of pyridine rings is 1. The maximum atomic E-state index is 12.1. The quantitative estimate of drug-likeness (QED) is 0.836. The molecule has 2 aromatic rings. The normalized spacial score (nSPS) is 17.7. The summed E-state index contributed by atoms with van der Waals surface area (Å²) >= 11 is 0. The molecule has 1 fully saturated rings. The first kappa shape index (κ1) is 11.3. The fourth-order valence-electron chi connectivity index (χ4n) is 2.18. The third-order valence-electron chi connectivity index (χ3n) is 3.28. The Morgan fingerprint density at radius 3 is 2.89 bits per heavy atom. The van der Waals surface area contributed by atoms with E-state index >= 15 is 0 Å². The van der Waals surface area contributed by atoms with Crippen LogP contribution in [0.2, 0.25) is 0 Å². The Morgan fingerprint density at radius 2 is 2.28 bits per heavy atom. The number of methoxy groups -OCH3 is 1. The second-order valence-electron chi connectivity index (χ2n) is 4.41. The van der Waals surface area contributed by atoms with E-state index in [2.05, 4.69) is 15.0 Å². The van der Waals surface area contributed by atoms with Crippen molar-refractivity contribution in [1.29, 1.82) is 0 Å². The van der Waals surface area contributed by atoms with Crippen molar-refractivity contribution in [3.8, 4) is 0 Å². The molecular formula is C12H13N3O3. The highest BCUT2D eigenvalue weighted by atomic mass is 16.6. The van der Waals surface area contributed by atoms with Crippen molar-refractivity contribution in [3.05, 3.63) is 34.1 Å². The summed E-state index contributed by atoms with van der Waals surface area (Å²) in [7, 11) is 1.58. The molecular weight excluding hydrogens is 234 g/mol. The molecule has 6 heteroatoms. The van der Waals surface area contributed by atoms with E-state index < -0.39 is 5.60 Å². The summed E-state index contributed by atoms with van der Waals surface area (Å²) in [5.41, 5.74) is 0.287. The summed E-state index contributed by atoms with van der Waals surface area (Å²) in [4.78, 5) is 23.3. The van der Waals surface area contributed by atoms with E-state index in [1.165, 1.54) is 0 Å². The highest BCUT2D eigenvalue weighted by Crippen LogP contribution is 2.33. The Labute approximate surface area is 103 Å². The van der Waals surface area contributed by atoms with Gasteiger partial charge in [-0.15, -0.1) is 0 Å². The maximum absolute atomic E-state index is 12.1. The van der Waals surface area contributed by atoms with Gasteiger partial charge in [-0.05, 0) is 6.92 Å². The van der Waals surface area contributed by atoms with Crippen LogP contribution in [0.5, 0.6) is 0 Å². The minimum absolute atomic E-state index is 0.189. The molecule has 6 nitrogen and oxygen atoms in total. The van der Waals surface area contributed by atoms with Crippen LogP contribution in [-0.2, 0) is 15.1 Å². The van der Waals surface area contributed by atoms with Crippen LogP contribution in [0.4, 0.5) is 0 Å². The number of aromatic amines is 1. The summed E-state index contributed by atoms with van der Waals surface area (Å²) in [6.45, 7) is 2.53. The van der Waals surface area contributed by atoms with Gasteiger partial charge in [0.05, 0.1) is 24.3 Å². The summed E-state index contributed by atoms with van der Waals surface area (Å²) < 4.78 is 10.7. The molecule has 1 N–H and O–H groups in total. The highest BCUT2D eigenvalue weighted by molar-refractivity contribution is 5.80. The van der Waals surface area contributed by atoms with Crippen molar-refractivity contribution in [2.75, 3.05) is 20.3 Å². The number of fused-ring (bicyclic) bond motifs is 1. The van der Waals surface area contributed by atoms with Crippen LogP contribution >= 0.6 is 0 Å². The second kappa shape index (κ2) is 3.86. The Kier molecular flexibility index (Phi) is 2.42. The average Bonchev–Trinajstić information content (AvgIpc) is 2.31. The first-order chi connectivity index (χ1) is 8.66. The predicted molar refractivity (Wildman–Crippen MR) is 64.4 cm³/mol. The predicted octanol–water partition coefficient (Wildman–Crippen LogP) is 0.498. The lowest BCUT2D eigenvalue weighted by molar-refractivity contribution is -0.202. The molecule has 1 aliphatic rings. The number of nitrogens with one attached hydrogen (secondary N) is 1. The van der Waals surface area contributed by atoms with Gasteiger partial charge < -0.3 is 14.5 Å². The zero-order valence-electron chi connectivity index (χ0n) is 10.2. The smallest absolute Gasteiger partial charge is 0.256 e. The van der Waals surface area contributed by atoms with Gasteiger partial charge >= 0.3 is 0 Å². The monoisotopic (exact) mass is 247 g/mol. The second-order valence-corrected chi connectivity index (χ2v) is 4.41. The molecule has 0 spiro atoms. The minimum atomic E-state index is -0.687. The fraction of sp³-hybridized carbons (Fsp3) is 0.417. The van der Waals surface area contributed by atoms with E-state index in [4.69, 9.17) is 9.47 Å². The van der Waals surface area contributed by atoms with E-state index in [9.17, 15) is 4.79 Å². The maximum Gasteiger partial charge on any atom is 0.256 e. The molecule has 0 radical (unpaired) electrons. The third-order valence-corrected chi connectivity index (χ3v) is 3.28. The molecule has 94 valence electrons. The topological polar surface area (TPSA) is 77.1 Å². The number of nitrogens with zero attached hydrogens (tertiary/aromatic N) is 2. The average molecular weight is 247 g/mol. The molecule has 0 aliphatic carbocycles. The van der Waals surface area contributed by atoms with E-state index in [1.54, 1.807) is 26.4 Å². The first-order valence-corrected chi connectivity index (χ1v) is 5.65. The van der Waals surface area contributed by atoms with Crippen LogP contribution in [0.25, 0.3) is 10.9 Å². The molecule has 3 heterocycles. The van der Waals surface area contributed by atoms with Gasteiger partial charge in [0, 0.05) is 24.9 Å². The molecule has 0 aromatic carbocycles. The largest absolute Gasteiger partial charge is 0.375 e. The lowest BCUT2D eigenvalue weighted by atomic mass is 9.91. The van der Waals surface area contributed by atoms with Gasteiger partial charge in [0.1, 0.15) is 11.4 Å². The van der Waals surface area contributed by atoms with Gasteiger partial charge in [0.2, 0.25) is 0 Å². The zero-order chi connectivity index (χ0) is 12.8. The van der Waals surface area contributed by atoms with Crippen molar-refractivity contribution < 1.29 is 9.47 Å². The van der Waals surface area contributed by atoms with Crippen molar-refractivity contribution in [1.82, 2.24) is 15.0 Å². The summed E-state index contributed by atoms with van der Waals surface area (Å²) in [6, 6.07) is 0. The zero-order valence-corrected chi connectivity index (χ0v) is 10.2. The number of aryl methyl sites for hydroxylation is 1. The molecule has 0 amide bonds. The van der Waals surface area contributed by atoms with Crippen LogP contribution in [-0.4, -0.2) is 35.3 Å². The van der Waals surface area contributed by atoms with Crippen LogP contribution in [0, 0.1) is 6.92 Å². The van der Waals surface area contributed by atoms with Crippen molar-refractivity contribution >= 4 is 10.9 Å². The fourth-order valence-corrected chi connectivity index (χ4v) is 2.18. The van der Waals surface area contributed by atoms with Crippen LogP contribution in [0.15, 0.2) is 17.2 Å². The Bertz CT molecular complexity index is 656.